The molecule has 1 aliphatic heterocycles. The van der Waals surface area contributed by atoms with Crippen LogP contribution >= 0.6 is 0 Å². The quantitative estimate of drug-likeness (QED) is 0.740. The highest BCUT2D eigenvalue weighted by Crippen LogP contribution is 2.42. The first-order valence-electron chi connectivity index (χ1n) is 10.2. The Labute approximate surface area is 173 Å². The number of carbonyl (C=O) groups excluding carboxylic acids is 1. The number of nitrogens with zero attached hydrogens (tertiary/aromatic N) is 3. The number of morpholine rings is 1. The number of anilines is 1. The van der Waals surface area contributed by atoms with Gasteiger partial charge in [0.2, 0.25) is 5.91 Å². The van der Waals surface area contributed by atoms with Crippen LogP contribution in [0, 0.1) is 0 Å². The number of aryl methyl sites for hydroxylation is 1. The number of hydrogen-bond donors (Lipinski definition) is 1. The second-order valence-corrected chi connectivity index (χ2v) is 7.84. The number of alkyl halides is 3. The zero-order valence-electron chi connectivity index (χ0n) is 16.6. The third-order valence-corrected chi connectivity index (χ3v) is 5.37. The molecule has 1 N–H and O–H groups in total. The summed E-state index contributed by atoms with van der Waals surface area (Å²) in [4.78, 5) is 14.7. The summed E-state index contributed by atoms with van der Waals surface area (Å²) < 4.78 is 45.7. The molecule has 6 nitrogen and oxygen atoms in total. The highest BCUT2D eigenvalue weighted by Gasteiger charge is 2.37. The molecule has 4 rings (SSSR count). The maximum Gasteiger partial charge on any atom is 0.435 e. The van der Waals surface area contributed by atoms with Gasteiger partial charge < -0.3 is 10.1 Å². The van der Waals surface area contributed by atoms with E-state index in [2.05, 4.69) is 15.3 Å². The third kappa shape index (κ3) is 5.40. The van der Waals surface area contributed by atoms with E-state index in [1.54, 1.807) is 0 Å². The van der Waals surface area contributed by atoms with Gasteiger partial charge in [-0.1, -0.05) is 12.1 Å². The Morgan fingerprint density at radius 1 is 1.20 bits per heavy atom. The molecule has 30 heavy (non-hydrogen) atoms. The number of carbonyl (C=O) groups is 1. The van der Waals surface area contributed by atoms with Gasteiger partial charge in [0.05, 0.1) is 13.2 Å². The van der Waals surface area contributed by atoms with E-state index in [0.717, 1.165) is 57.3 Å². The molecule has 1 amide bonds. The summed E-state index contributed by atoms with van der Waals surface area (Å²) in [7, 11) is 0. The monoisotopic (exact) mass is 422 g/mol. The predicted molar refractivity (Wildman–Crippen MR) is 105 cm³/mol. The van der Waals surface area contributed by atoms with E-state index in [1.807, 2.05) is 24.3 Å². The summed E-state index contributed by atoms with van der Waals surface area (Å²) >= 11 is 0. The SMILES string of the molecule is O=C(CCn1nc(C(F)(F)F)cc1C1CC1)Nc1cccc(CN2CCOCC2)c1. The van der Waals surface area contributed by atoms with Gasteiger partial charge in [-0.05, 0) is 36.6 Å². The topological polar surface area (TPSA) is 59.4 Å². The predicted octanol–water partition coefficient (Wildman–Crippen LogP) is 3.64. The minimum absolute atomic E-state index is 0.0619. The van der Waals surface area contributed by atoms with Crippen molar-refractivity contribution in [2.45, 2.75) is 44.4 Å². The number of hydrogen-bond acceptors (Lipinski definition) is 4. The smallest absolute Gasteiger partial charge is 0.379 e. The summed E-state index contributed by atoms with van der Waals surface area (Å²) in [5, 5.41) is 6.54. The van der Waals surface area contributed by atoms with Gasteiger partial charge in [-0.2, -0.15) is 18.3 Å². The molecule has 2 aliphatic rings. The summed E-state index contributed by atoms with van der Waals surface area (Å²) in [6.45, 7) is 4.12. The van der Waals surface area contributed by atoms with E-state index in [1.165, 1.54) is 4.68 Å². The van der Waals surface area contributed by atoms with Crippen LogP contribution in [0.1, 0.15) is 42.1 Å². The van der Waals surface area contributed by atoms with Crippen LogP contribution < -0.4 is 5.32 Å². The van der Waals surface area contributed by atoms with E-state index in [0.29, 0.717) is 11.4 Å². The van der Waals surface area contributed by atoms with Crippen LogP contribution in [0.5, 0.6) is 0 Å². The number of aromatic nitrogens is 2. The van der Waals surface area contributed by atoms with Gasteiger partial charge in [0, 0.05) is 49.9 Å². The molecule has 0 bridgehead atoms. The average molecular weight is 422 g/mol. The maximum absolute atomic E-state index is 13.0. The third-order valence-electron chi connectivity index (χ3n) is 5.37. The first-order valence-corrected chi connectivity index (χ1v) is 10.2. The number of ether oxygens (including phenoxy) is 1. The van der Waals surface area contributed by atoms with E-state index in [9.17, 15) is 18.0 Å². The molecule has 1 aliphatic carbocycles. The molecule has 2 fully saturated rings. The highest BCUT2D eigenvalue weighted by molar-refractivity contribution is 5.90. The number of halogens is 3. The number of nitrogens with one attached hydrogen (secondary N) is 1. The van der Waals surface area contributed by atoms with Gasteiger partial charge in [0.15, 0.2) is 5.69 Å². The summed E-state index contributed by atoms with van der Waals surface area (Å²) in [6, 6.07) is 8.75. The van der Waals surface area contributed by atoms with Crippen LogP contribution in [0.25, 0.3) is 0 Å². The highest BCUT2D eigenvalue weighted by atomic mass is 19.4. The Morgan fingerprint density at radius 2 is 1.97 bits per heavy atom. The van der Waals surface area contributed by atoms with Crippen molar-refractivity contribution in [3.05, 3.63) is 47.3 Å². The van der Waals surface area contributed by atoms with Crippen LogP contribution in [0.4, 0.5) is 18.9 Å². The molecular formula is C21H25F3N4O2. The Balaban J connectivity index is 1.34. The molecule has 1 saturated heterocycles. The van der Waals surface area contributed by atoms with Gasteiger partial charge in [-0.3, -0.25) is 14.4 Å². The Bertz CT molecular complexity index is 887. The maximum atomic E-state index is 13.0. The largest absolute Gasteiger partial charge is 0.435 e. The van der Waals surface area contributed by atoms with Crippen molar-refractivity contribution in [2.75, 3.05) is 31.6 Å². The lowest BCUT2D eigenvalue weighted by atomic mass is 10.1. The van der Waals surface area contributed by atoms with Crippen molar-refractivity contribution in [1.29, 1.82) is 0 Å². The lowest BCUT2D eigenvalue weighted by molar-refractivity contribution is -0.141. The fourth-order valence-electron chi connectivity index (χ4n) is 3.65. The summed E-state index contributed by atoms with van der Waals surface area (Å²) in [6.07, 6.45) is -2.68. The molecular weight excluding hydrogens is 397 g/mol. The molecule has 1 saturated carbocycles. The Hall–Kier alpha value is -2.39. The Kier molecular flexibility index (Phi) is 6.10. The molecule has 0 radical (unpaired) electrons. The van der Waals surface area contributed by atoms with Crippen molar-refractivity contribution >= 4 is 11.6 Å². The lowest BCUT2D eigenvalue weighted by Crippen LogP contribution is -2.35. The molecule has 0 atom stereocenters. The minimum atomic E-state index is -4.47. The van der Waals surface area contributed by atoms with Gasteiger partial charge >= 0.3 is 6.18 Å². The van der Waals surface area contributed by atoms with E-state index in [4.69, 9.17) is 4.74 Å². The van der Waals surface area contributed by atoms with Gasteiger partial charge in [-0.25, -0.2) is 0 Å². The minimum Gasteiger partial charge on any atom is -0.379 e. The molecule has 9 heteroatoms. The number of amides is 1. The fourth-order valence-corrected chi connectivity index (χ4v) is 3.65. The second kappa shape index (κ2) is 8.77. The van der Waals surface area contributed by atoms with Crippen molar-refractivity contribution in [2.24, 2.45) is 0 Å². The van der Waals surface area contributed by atoms with Crippen molar-refractivity contribution in [1.82, 2.24) is 14.7 Å². The molecule has 1 aromatic heterocycles. The van der Waals surface area contributed by atoms with Crippen molar-refractivity contribution in [3.63, 3.8) is 0 Å². The summed E-state index contributed by atoms with van der Waals surface area (Å²) in [5.41, 5.74) is 1.46. The van der Waals surface area contributed by atoms with E-state index in [-0.39, 0.29) is 24.8 Å². The van der Waals surface area contributed by atoms with Crippen LogP contribution in [-0.4, -0.2) is 46.9 Å². The van der Waals surface area contributed by atoms with Gasteiger partial charge in [-0.15, -0.1) is 0 Å². The number of benzene rings is 1. The van der Waals surface area contributed by atoms with Crippen LogP contribution in [0.2, 0.25) is 0 Å². The molecule has 1 aromatic carbocycles. The standard InChI is InChI=1S/C21H25F3N4O2/c22-21(23,24)19-13-18(16-4-5-16)28(26-19)7-6-20(29)25-17-3-1-2-15(12-17)14-27-8-10-30-11-9-27/h1-3,12-13,16H,4-11,14H2,(H,25,29). The molecule has 2 aromatic rings. The lowest BCUT2D eigenvalue weighted by Gasteiger charge is -2.26. The van der Waals surface area contributed by atoms with Crippen LogP contribution in [-0.2, 0) is 28.8 Å². The van der Waals surface area contributed by atoms with Crippen LogP contribution in [0.15, 0.2) is 30.3 Å². The molecule has 0 unspecified atom stereocenters. The van der Waals surface area contributed by atoms with E-state index < -0.39 is 11.9 Å². The van der Waals surface area contributed by atoms with E-state index >= 15 is 0 Å². The first-order chi connectivity index (χ1) is 14.4. The average Bonchev–Trinajstić information content (AvgIpc) is 3.45. The summed E-state index contributed by atoms with van der Waals surface area (Å²) in [5.74, 6) is -0.127. The first kappa shape index (κ1) is 20.9. The molecule has 2 heterocycles. The zero-order valence-corrected chi connectivity index (χ0v) is 16.6. The van der Waals surface area contributed by atoms with Gasteiger partial charge in [0.25, 0.3) is 0 Å². The fraction of sp³-hybridized carbons (Fsp3) is 0.524. The van der Waals surface area contributed by atoms with Crippen molar-refractivity contribution < 1.29 is 22.7 Å². The van der Waals surface area contributed by atoms with Crippen LogP contribution in [0.3, 0.4) is 0 Å². The molecule has 0 spiro atoms. The normalized spacial score (nSPS) is 17.8. The second-order valence-electron chi connectivity index (χ2n) is 7.84. The number of rotatable bonds is 7. The Morgan fingerprint density at radius 3 is 2.67 bits per heavy atom. The molecule has 162 valence electrons. The zero-order chi connectivity index (χ0) is 21.1. The van der Waals surface area contributed by atoms with Gasteiger partial charge in [0.1, 0.15) is 0 Å². The van der Waals surface area contributed by atoms with Crippen molar-refractivity contribution in [3.8, 4) is 0 Å².